The van der Waals surface area contributed by atoms with Crippen LogP contribution in [-0.2, 0) is 0 Å². The van der Waals surface area contributed by atoms with Crippen LogP contribution in [0.1, 0.15) is 32.1 Å². The Kier molecular flexibility index (Phi) is 3.68. The molecule has 4 heteroatoms. The Balaban J connectivity index is 1.60. The summed E-state index contributed by atoms with van der Waals surface area (Å²) in [6.45, 7) is 0.935. The van der Waals surface area contributed by atoms with Gasteiger partial charge in [0, 0.05) is 18.9 Å². The lowest BCUT2D eigenvalue weighted by atomic mass is 9.97. The first-order valence-electron chi connectivity index (χ1n) is 6.91. The highest BCUT2D eigenvalue weighted by Crippen LogP contribution is 2.20. The predicted molar refractivity (Wildman–Crippen MR) is 77.0 cm³/mol. The molecule has 2 aromatic heterocycles. The largest absolute Gasteiger partial charge is 0.370 e. The number of aromatic nitrogens is 3. The number of anilines is 1. The molecule has 3 rings (SSSR count). The number of nitrogens with one attached hydrogen (secondary N) is 1. The van der Waals surface area contributed by atoms with Crippen LogP contribution in [0.15, 0.2) is 36.2 Å². The van der Waals surface area contributed by atoms with Gasteiger partial charge in [0.15, 0.2) is 5.65 Å². The lowest BCUT2D eigenvalue weighted by molar-refractivity contribution is 0.679. The number of hydrogen-bond acceptors (Lipinski definition) is 4. The van der Waals surface area contributed by atoms with Crippen molar-refractivity contribution in [3.63, 3.8) is 0 Å². The molecule has 4 nitrogen and oxygen atoms in total. The molecule has 0 aromatic carbocycles. The van der Waals surface area contributed by atoms with Crippen LogP contribution in [0, 0.1) is 0 Å². The second kappa shape index (κ2) is 5.78. The van der Waals surface area contributed by atoms with E-state index >= 15 is 0 Å². The van der Waals surface area contributed by atoms with Gasteiger partial charge in [-0.15, -0.1) is 0 Å². The zero-order chi connectivity index (χ0) is 12.9. The molecule has 0 saturated heterocycles. The lowest BCUT2D eigenvalue weighted by Gasteiger charge is -2.13. The summed E-state index contributed by atoms with van der Waals surface area (Å²) >= 11 is 0. The summed E-state index contributed by atoms with van der Waals surface area (Å²) in [6.07, 6.45) is 12.1. The van der Waals surface area contributed by atoms with E-state index in [1.807, 2.05) is 12.1 Å². The minimum atomic E-state index is 0.699. The molecular weight excluding hydrogens is 236 g/mol. The third kappa shape index (κ3) is 3.08. The summed E-state index contributed by atoms with van der Waals surface area (Å²) < 4.78 is 0. The van der Waals surface area contributed by atoms with Gasteiger partial charge in [0.1, 0.15) is 11.3 Å². The maximum atomic E-state index is 4.45. The normalized spacial score (nSPS) is 15.3. The first kappa shape index (κ1) is 12.1. The smallest absolute Gasteiger partial charge is 0.180 e. The topological polar surface area (TPSA) is 50.7 Å². The van der Waals surface area contributed by atoms with E-state index in [0.717, 1.165) is 24.3 Å². The fourth-order valence-corrected chi connectivity index (χ4v) is 2.44. The van der Waals surface area contributed by atoms with E-state index in [0.29, 0.717) is 5.65 Å². The van der Waals surface area contributed by atoms with Crippen molar-refractivity contribution < 1.29 is 0 Å². The second-order valence-corrected chi connectivity index (χ2v) is 4.88. The summed E-state index contributed by atoms with van der Waals surface area (Å²) in [6, 6.07) is 3.92. The first-order chi connectivity index (χ1) is 9.42. The van der Waals surface area contributed by atoms with Gasteiger partial charge in [-0.3, -0.25) is 4.98 Å². The number of pyridine rings is 1. The van der Waals surface area contributed by atoms with Crippen molar-refractivity contribution in [1.29, 1.82) is 0 Å². The molecule has 0 saturated carbocycles. The second-order valence-electron chi connectivity index (χ2n) is 4.88. The maximum absolute atomic E-state index is 4.45. The van der Waals surface area contributed by atoms with E-state index in [1.54, 1.807) is 18.0 Å². The van der Waals surface area contributed by atoms with Gasteiger partial charge in [0.05, 0.1) is 0 Å². The highest BCUT2D eigenvalue weighted by Gasteiger charge is 2.04. The molecule has 1 aliphatic rings. The van der Waals surface area contributed by atoms with Crippen LogP contribution in [0.3, 0.4) is 0 Å². The quantitative estimate of drug-likeness (QED) is 0.850. The molecule has 98 valence electrons. The zero-order valence-corrected chi connectivity index (χ0v) is 11.0. The molecule has 0 unspecified atom stereocenters. The monoisotopic (exact) mass is 254 g/mol. The third-order valence-corrected chi connectivity index (χ3v) is 3.47. The Hall–Kier alpha value is -1.97. The highest BCUT2D eigenvalue weighted by atomic mass is 15.0. The van der Waals surface area contributed by atoms with Crippen molar-refractivity contribution in [3.8, 4) is 0 Å². The fraction of sp³-hybridized carbons (Fsp3) is 0.400. The van der Waals surface area contributed by atoms with Crippen LogP contribution < -0.4 is 5.32 Å². The molecule has 1 N–H and O–H groups in total. The number of hydrogen-bond donors (Lipinski definition) is 1. The summed E-state index contributed by atoms with van der Waals surface area (Å²) in [7, 11) is 0. The van der Waals surface area contributed by atoms with E-state index in [4.69, 9.17) is 0 Å². The Morgan fingerprint density at radius 2 is 2.05 bits per heavy atom. The number of fused-ring (bicyclic) bond motifs is 1. The van der Waals surface area contributed by atoms with Gasteiger partial charge in [-0.25, -0.2) is 9.97 Å². The average molecular weight is 254 g/mol. The van der Waals surface area contributed by atoms with Gasteiger partial charge in [0.25, 0.3) is 0 Å². The minimum absolute atomic E-state index is 0.699. The third-order valence-electron chi connectivity index (χ3n) is 3.47. The Morgan fingerprint density at radius 3 is 2.95 bits per heavy atom. The molecule has 0 aliphatic heterocycles. The predicted octanol–water partition coefficient (Wildman–Crippen LogP) is 3.33. The van der Waals surface area contributed by atoms with Crippen molar-refractivity contribution >= 4 is 17.0 Å². The van der Waals surface area contributed by atoms with Crippen LogP contribution in [0.25, 0.3) is 11.2 Å². The molecular formula is C15H18N4. The summed E-state index contributed by atoms with van der Waals surface area (Å²) in [4.78, 5) is 12.9. The molecule has 0 bridgehead atoms. The van der Waals surface area contributed by atoms with Crippen LogP contribution in [-0.4, -0.2) is 21.5 Å². The SMILES string of the molecule is C1=C(CCNc2ccc3nccnc3n2)CCCC1. The maximum Gasteiger partial charge on any atom is 0.180 e. The first-order valence-corrected chi connectivity index (χ1v) is 6.91. The standard InChI is InChI=1S/C15H18N4/c1-2-4-12(5-3-1)8-9-17-14-7-6-13-15(19-14)18-11-10-16-13/h4,6-7,10-11H,1-3,5,8-9H2,(H,17,18,19). The van der Waals surface area contributed by atoms with Crippen molar-refractivity contribution in [1.82, 2.24) is 15.0 Å². The minimum Gasteiger partial charge on any atom is -0.370 e. The van der Waals surface area contributed by atoms with Gasteiger partial charge in [-0.05, 0) is 44.2 Å². The fourth-order valence-electron chi connectivity index (χ4n) is 2.44. The highest BCUT2D eigenvalue weighted by molar-refractivity contribution is 5.71. The van der Waals surface area contributed by atoms with Crippen molar-refractivity contribution in [3.05, 3.63) is 36.2 Å². The molecule has 0 amide bonds. The molecule has 0 fully saturated rings. The molecule has 19 heavy (non-hydrogen) atoms. The summed E-state index contributed by atoms with van der Waals surface area (Å²) in [5.74, 6) is 0.879. The van der Waals surface area contributed by atoms with Crippen molar-refractivity contribution in [2.75, 3.05) is 11.9 Å². The van der Waals surface area contributed by atoms with E-state index in [-0.39, 0.29) is 0 Å². The number of nitrogens with zero attached hydrogens (tertiary/aromatic N) is 3. The Bertz CT molecular complexity index is 591. The molecule has 2 aromatic rings. The molecule has 1 aliphatic carbocycles. The van der Waals surface area contributed by atoms with E-state index in [1.165, 1.54) is 25.7 Å². The summed E-state index contributed by atoms with van der Waals surface area (Å²) in [5, 5.41) is 3.36. The van der Waals surface area contributed by atoms with Gasteiger partial charge >= 0.3 is 0 Å². The van der Waals surface area contributed by atoms with E-state index < -0.39 is 0 Å². The average Bonchev–Trinajstić information content (AvgIpc) is 2.48. The van der Waals surface area contributed by atoms with Crippen LogP contribution in [0.2, 0.25) is 0 Å². The van der Waals surface area contributed by atoms with Crippen LogP contribution in [0.4, 0.5) is 5.82 Å². The van der Waals surface area contributed by atoms with E-state index in [2.05, 4.69) is 26.3 Å². The molecule has 2 heterocycles. The van der Waals surface area contributed by atoms with Gasteiger partial charge in [-0.2, -0.15) is 0 Å². The lowest BCUT2D eigenvalue weighted by Crippen LogP contribution is -2.06. The van der Waals surface area contributed by atoms with Crippen molar-refractivity contribution in [2.24, 2.45) is 0 Å². The van der Waals surface area contributed by atoms with Gasteiger partial charge in [-0.1, -0.05) is 11.6 Å². The Labute approximate surface area is 113 Å². The molecule has 0 radical (unpaired) electrons. The van der Waals surface area contributed by atoms with Crippen LogP contribution >= 0.6 is 0 Å². The zero-order valence-electron chi connectivity index (χ0n) is 11.0. The number of allylic oxidation sites excluding steroid dienone is 1. The Morgan fingerprint density at radius 1 is 1.11 bits per heavy atom. The number of rotatable bonds is 4. The molecule has 0 atom stereocenters. The van der Waals surface area contributed by atoms with Crippen LogP contribution in [0.5, 0.6) is 0 Å². The van der Waals surface area contributed by atoms with E-state index in [9.17, 15) is 0 Å². The summed E-state index contributed by atoms with van der Waals surface area (Å²) in [5.41, 5.74) is 3.12. The van der Waals surface area contributed by atoms with Gasteiger partial charge in [0.2, 0.25) is 0 Å². The molecule has 0 spiro atoms. The van der Waals surface area contributed by atoms with Crippen molar-refractivity contribution in [2.45, 2.75) is 32.1 Å². The van der Waals surface area contributed by atoms with Gasteiger partial charge < -0.3 is 5.32 Å².